The van der Waals surface area contributed by atoms with E-state index in [-0.39, 0.29) is 5.91 Å². The molecule has 1 heterocycles. The Morgan fingerprint density at radius 1 is 1.05 bits per heavy atom. The number of hydrazone groups is 1. The van der Waals surface area contributed by atoms with Crippen LogP contribution in [0.1, 0.15) is 11.1 Å². The summed E-state index contributed by atoms with van der Waals surface area (Å²) in [6.07, 6.45) is 6.70. The summed E-state index contributed by atoms with van der Waals surface area (Å²) in [7, 11) is 0. The zero-order valence-electron chi connectivity index (χ0n) is 11.9. The van der Waals surface area contributed by atoms with Gasteiger partial charge in [0.05, 0.1) is 6.21 Å². The Labute approximate surface area is 128 Å². The normalized spacial score (nSPS) is 11.5. The van der Waals surface area contributed by atoms with Crippen molar-refractivity contribution in [3.05, 3.63) is 78.0 Å². The molecule has 3 aromatic rings. The van der Waals surface area contributed by atoms with Crippen LogP contribution in [0, 0.1) is 0 Å². The second-order valence-electron chi connectivity index (χ2n) is 4.77. The molecule has 0 aliphatic heterocycles. The number of H-pyrrole nitrogens is 1. The topological polar surface area (TPSA) is 57.2 Å². The molecule has 22 heavy (non-hydrogen) atoms. The van der Waals surface area contributed by atoms with Crippen LogP contribution in [0.4, 0.5) is 0 Å². The van der Waals surface area contributed by atoms with Crippen LogP contribution in [0.2, 0.25) is 0 Å². The summed E-state index contributed by atoms with van der Waals surface area (Å²) in [5, 5.41) is 5.05. The second kappa shape index (κ2) is 6.54. The number of amides is 1. The lowest BCUT2D eigenvalue weighted by Crippen LogP contribution is -2.13. The first-order valence-electron chi connectivity index (χ1n) is 6.95. The molecule has 0 fully saturated rings. The lowest BCUT2D eigenvalue weighted by molar-refractivity contribution is -0.116. The highest BCUT2D eigenvalue weighted by Crippen LogP contribution is 2.15. The van der Waals surface area contributed by atoms with Crippen LogP contribution in [-0.2, 0) is 4.79 Å². The molecule has 0 radical (unpaired) electrons. The van der Waals surface area contributed by atoms with Gasteiger partial charge in [-0.2, -0.15) is 5.10 Å². The smallest absolute Gasteiger partial charge is 0.264 e. The summed E-state index contributed by atoms with van der Waals surface area (Å²) in [5.41, 5.74) is 5.43. The summed E-state index contributed by atoms with van der Waals surface area (Å²) >= 11 is 0. The average molecular weight is 289 g/mol. The molecular weight excluding hydrogens is 274 g/mol. The van der Waals surface area contributed by atoms with Crippen molar-refractivity contribution in [1.82, 2.24) is 10.4 Å². The van der Waals surface area contributed by atoms with Gasteiger partial charge in [0.1, 0.15) is 0 Å². The van der Waals surface area contributed by atoms with Crippen molar-refractivity contribution in [3.63, 3.8) is 0 Å². The Balaban J connectivity index is 1.62. The number of fused-ring (bicyclic) bond motifs is 1. The van der Waals surface area contributed by atoms with Gasteiger partial charge in [0.15, 0.2) is 0 Å². The van der Waals surface area contributed by atoms with Crippen molar-refractivity contribution in [2.45, 2.75) is 0 Å². The molecule has 4 heteroatoms. The van der Waals surface area contributed by atoms with Crippen LogP contribution in [-0.4, -0.2) is 17.1 Å². The highest BCUT2D eigenvalue weighted by atomic mass is 16.2. The van der Waals surface area contributed by atoms with Crippen molar-refractivity contribution in [3.8, 4) is 0 Å². The molecule has 0 saturated heterocycles. The number of hydrogen-bond donors (Lipinski definition) is 2. The van der Waals surface area contributed by atoms with Crippen LogP contribution in [0.3, 0.4) is 0 Å². The Morgan fingerprint density at radius 3 is 2.68 bits per heavy atom. The zero-order chi connectivity index (χ0) is 15.2. The number of aromatic nitrogens is 1. The van der Waals surface area contributed by atoms with Crippen molar-refractivity contribution < 1.29 is 4.79 Å². The van der Waals surface area contributed by atoms with Gasteiger partial charge in [-0.15, -0.1) is 0 Å². The molecule has 0 unspecified atom stereocenters. The molecule has 108 valence electrons. The predicted molar refractivity (Wildman–Crippen MR) is 89.5 cm³/mol. The first kappa shape index (κ1) is 13.8. The van der Waals surface area contributed by atoms with Gasteiger partial charge in [0.25, 0.3) is 5.91 Å². The molecule has 1 amide bonds. The van der Waals surface area contributed by atoms with E-state index in [1.165, 1.54) is 6.08 Å². The minimum atomic E-state index is -0.264. The van der Waals surface area contributed by atoms with E-state index in [9.17, 15) is 4.79 Å². The molecule has 0 bridgehead atoms. The molecule has 4 nitrogen and oxygen atoms in total. The van der Waals surface area contributed by atoms with E-state index in [4.69, 9.17) is 0 Å². The summed E-state index contributed by atoms with van der Waals surface area (Å²) in [6, 6.07) is 17.6. The lowest BCUT2D eigenvalue weighted by Gasteiger charge is -1.94. The van der Waals surface area contributed by atoms with Gasteiger partial charge in [-0.1, -0.05) is 48.5 Å². The van der Waals surface area contributed by atoms with E-state index in [1.807, 2.05) is 60.8 Å². The number of nitrogens with zero attached hydrogens (tertiary/aromatic N) is 1. The first-order chi connectivity index (χ1) is 10.8. The molecule has 1 aromatic heterocycles. The predicted octanol–water partition coefficient (Wildman–Crippen LogP) is 3.33. The van der Waals surface area contributed by atoms with Crippen LogP contribution >= 0.6 is 0 Å². The molecule has 0 atom stereocenters. The van der Waals surface area contributed by atoms with Gasteiger partial charge in [-0.05, 0) is 17.7 Å². The van der Waals surface area contributed by atoms with Crippen molar-refractivity contribution in [1.29, 1.82) is 0 Å². The van der Waals surface area contributed by atoms with E-state index in [0.29, 0.717) is 0 Å². The third-order valence-electron chi connectivity index (χ3n) is 3.23. The van der Waals surface area contributed by atoms with Gasteiger partial charge >= 0.3 is 0 Å². The number of para-hydroxylation sites is 1. The Bertz CT molecular complexity index is 832. The van der Waals surface area contributed by atoms with E-state index in [1.54, 1.807) is 12.3 Å². The Kier molecular flexibility index (Phi) is 4.11. The second-order valence-corrected chi connectivity index (χ2v) is 4.77. The first-order valence-corrected chi connectivity index (χ1v) is 6.95. The van der Waals surface area contributed by atoms with Gasteiger partial charge in [-0.25, -0.2) is 5.43 Å². The Hall–Kier alpha value is -3.14. The summed E-state index contributed by atoms with van der Waals surface area (Å²) in [6.45, 7) is 0. The Morgan fingerprint density at radius 2 is 1.82 bits per heavy atom. The summed E-state index contributed by atoms with van der Waals surface area (Å²) in [4.78, 5) is 14.8. The molecular formula is C18H15N3O. The quantitative estimate of drug-likeness (QED) is 0.432. The van der Waals surface area contributed by atoms with Gasteiger partial charge in [-0.3, -0.25) is 4.79 Å². The third-order valence-corrected chi connectivity index (χ3v) is 3.23. The summed E-state index contributed by atoms with van der Waals surface area (Å²) < 4.78 is 0. The van der Waals surface area contributed by atoms with Crippen molar-refractivity contribution in [2.24, 2.45) is 5.10 Å². The van der Waals surface area contributed by atoms with E-state index < -0.39 is 0 Å². The lowest BCUT2D eigenvalue weighted by atomic mass is 10.2. The average Bonchev–Trinajstić information content (AvgIpc) is 2.97. The highest BCUT2D eigenvalue weighted by molar-refractivity contribution is 5.99. The maximum absolute atomic E-state index is 11.7. The van der Waals surface area contributed by atoms with Gasteiger partial charge in [0.2, 0.25) is 0 Å². The minimum absolute atomic E-state index is 0.264. The zero-order valence-corrected chi connectivity index (χ0v) is 11.9. The number of hydrogen-bond acceptors (Lipinski definition) is 2. The molecule has 0 aliphatic carbocycles. The van der Waals surface area contributed by atoms with Crippen molar-refractivity contribution >= 4 is 29.1 Å². The fraction of sp³-hybridized carbons (Fsp3) is 0. The van der Waals surface area contributed by atoms with Crippen LogP contribution < -0.4 is 5.43 Å². The fourth-order valence-electron chi connectivity index (χ4n) is 2.14. The third kappa shape index (κ3) is 3.30. The number of nitrogens with one attached hydrogen (secondary N) is 2. The van der Waals surface area contributed by atoms with Gasteiger partial charge < -0.3 is 4.98 Å². The number of carbonyl (C=O) groups is 1. The van der Waals surface area contributed by atoms with Crippen molar-refractivity contribution in [2.75, 3.05) is 0 Å². The van der Waals surface area contributed by atoms with E-state index in [2.05, 4.69) is 15.5 Å². The maximum Gasteiger partial charge on any atom is 0.264 e. The van der Waals surface area contributed by atoms with Gasteiger partial charge in [0, 0.05) is 28.7 Å². The maximum atomic E-state index is 11.7. The van der Waals surface area contributed by atoms with Crippen LogP contribution in [0.15, 0.2) is 72.0 Å². The fourth-order valence-corrected chi connectivity index (χ4v) is 2.14. The monoisotopic (exact) mass is 289 g/mol. The molecule has 2 N–H and O–H groups in total. The molecule has 2 aromatic carbocycles. The largest absolute Gasteiger partial charge is 0.361 e. The van der Waals surface area contributed by atoms with E-state index >= 15 is 0 Å². The number of carbonyl (C=O) groups excluding carboxylic acids is 1. The van der Waals surface area contributed by atoms with E-state index in [0.717, 1.165) is 22.0 Å². The number of rotatable bonds is 4. The standard InChI is InChI=1S/C18H15N3O/c22-18(11-10-14-6-2-1-3-7-14)21-20-13-15-12-19-17-9-5-4-8-16(15)17/h1-13,19H,(H,21,22)/b11-10-,20-13?. The highest BCUT2D eigenvalue weighted by Gasteiger charge is 1.99. The molecule has 0 spiro atoms. The number of benzene rings is 2. The SMILES string of the molecule is O=C(/C=C\c1ccccc1)NN=Cc1c[nH]c2ccccc12. The van der Waals surface area contributed by atoms with Crippen LogP contribution in [0.5, 0.6) is 0 Å². The van der Waals surface area contributed by atoms with Crippen LogP contribution in [0.25, 0.3) is 17.0 Å². The minimum Gasteiger partial charge on any atom is -0.361 e. The molecule has 0 aliphatic rings. The number of aromatic amines is 1. The summed E-state index contributed by atoms with van der Waals surface area (Å²) in [5.74, 6) is -0.264. The molecule has 3 rings (SSSR count). The molecule has 0 saturated carbocycles.